The Kier molecular flexibility index (Phi) is 5.46. The maximum absolute atomic E-state index is 12.9. The zero-order valence-corrected chi connectivity index (χ0v) is 17.0. The van der Waals surface area contributed by atoms with E-state index in [1.54, 1.807) is 79.9 Å². The molecule has 2 aromatic carbocycles. The molecule has 1 amide bonds. The topological polar surface area (TPSA) is 72.9 Å². The van der Waals surface area contributed by atoms with Gasteiger partial charge in [0.2, 0.25) is 5.91 Å². The number of esters is 2. The van der Waals surface area contributed by atoms with Crippen molar-refractivity contribution in [1.82, 2.24) is 4.90 Å². The molecule has 4 atom stereocenters. The number of hydrogen-bond donors (Lipinski definition) is 0. The lowest BCUT2D eigenvalue weighted by atomic mass is 9.81. The number of rotatable bonds is 4. The van der Waals surface area contributed by atoms with Crippen LogP contribution >= 0.6 is 12.2 Å². The molecule has 0 aromatic heterocycles. The molecule has 2 aromatic rings. The number of carbonyl (C=O) groups is 3. The first-order valence-electron chi connectivity index (χ1n) is 9.49. The zero-order chi connectivity index (χ0) is 21.3. The van der Waals surface area contributed by atoms with E-state index in [1.807, 2.05) is 0 Å². The van der Waals surface area contributed by atoms with Crippen molar-refractivity contribution in [3.63, 3.8) is 0 Å². The summed E-state index contributed by atoms with van der Waals surface area (Å²) in [4.78, 5) is 39.6. The molecule has 0 saturated carbocycles. The maximum atomic E-state index is 12.9. The summed E-state index contributed by atoms with van der Waals surface area (Å²) >= 11 is 5.46. The standard InChI is InChI=1S/C23H19NO5S/c1-24-20(25)18-16(28-22(26)14-8-4-2-5-9-14)12-13-17(19(18)21(24)30)29-23(27)15-10-6-3-7-11-15/h2-13,16-19H,1H3/t16-,17+,18+,19-/m0/s1. The van der Waals surface area contributed by atoms with Crippen LogP contribution in [0.2, 0.25) is 0 Å². The molecule has 1 aliphatic heterocycles. The van der Waals surface area contributed by atoms with E-state index in [9.17, 15) is 14.4 Å². The Morgan fingerprint density at radius 1 is 0.800 bits per heavy atom. The molecule has 0 N–H and O–H groups in total. The third kappa shape index (κ3) is 3.64. The molecule has 6 nitrogen and oxygen atoms in total. The third-order valence-corrected chi connectivity index (χ3v) is 5.87. The number of fused-ring (bicyclic) bond motifs is 1. The Bertz CT molecular complexity index is 939. The molecule has 1 aliphatic carbocycles. The predicted molar refractivity (Wildman–Crippen MR) is 113 cm³/mol. The van der Waals surface area contributed by atoms with E-state index in [4.69, 9.17) is 21.7 Å². The van der Waals surface area contributed by atoms with Gasteiger partial charge in [-0.3, -0.25) is 4.79 Å². The Morgan fingerprint density at radius 2 is 1.23 bits per heavy atom. The molecule has 30 heavy (non-hydrogen) atoms. The van der Waals surface area contributed by atoms with Crippen molar-refractivity contribution >= 4 is 35.1 Å². The van der Waals surface area contributed by atoms with Crippen LogP contribution in [0.15, 0.2) is 72.8 Å². The summed E-state index contributed by atoms with van der Waals surface area (Å²) in [7, 11) is 1.58. The highest BCUT2D eigenvalue weighted by Crippen LogP contribution is 2.39. The second kappa shape index (κ2) is 8.20. The van der Waals surface area contributed by atoms with Gasteiger partial charge in [0.1, 0.15) is 12.2 Å². The number of benzene rings is 2. The molecule has 152 valence electrons. The van der Waals surface area contributed by atoms with Crippen molar-refractivity contribution in [3.05, 3.63) is 83.9 Å². The fourth-order valence-electron chi connectivity index (χ4n) is 3.77. The maximum Gasteiger partial charge on any atom is 0.338 e. The molecule has 1 saturated heterocycles. The predicted octanol–water partition coefficient (Wildman–Crippen LogP) is 3.04. The fraction of sp³-hybridized carbons (Fsp3) is 0.217. The van der Waals surface area contributed by atoms with E-state index in [-0.39, 0.29) is 5.91 Å². The molecule has 0 spiro atoms. The van der Waals surface area contributed by atoms with Crippen molar-refractivity contribution in [2.24, 2.45) is 11.8 Å². The van der Waals surface area contributed by atoms with Crippen LogP contribution in [-0.4, -0.2) is 47.0 Å². The Labute approximate surface area is 179 Å². The number of likely N-dealkylation sites (tertiary alicyclic amines) is 1. The molecule has 1 fully saturated rings. The van der Waals surface area contributed by atoms with Crippen LogP contribution in [0, 0.1) is 11.8 Å². The first-order chi connectivity index (χ1) is 14.5. The minimum absolute atomic E-state index is 0.263. The number of nitrogens with zero attached hydrogens (tertiary/aromatic N) is 1. The SMILES string of the molecule is CN1C(=O)[C@H]2[C@@H](C1=S)[C@H](OC(=O)c1ccccc1)C=C[C@@H]2OC(=O)c1ccccc1. The third-order valence-electron chi connectivity index (χ3n) is 5.32. The first kappa shape index (κ1) is 20.0. The summed E-state index contributed by atoms with van der Waals surface area (Å²) in [5.41, 5.74) is 0.796. The van der Waals surface area contributed by atoms with E-state index in [1.165, 1.54) is 4.90 Å². The van der Waals surface area contributed by atoms with Gasteiger partial charge in [-0.2, -0.15) is 0 Å². The minimum atomic E-state index is -0.801. The summed E-state index contributed by atoms with van der Waals surface area (Å²) in [6, 6.07) is 17.2. The molecule has 1 heterocycles. The quantitative estimate of drug-likeness (QED) is 0.429. The van der Waals surface area contributed by atoms with Gasteiger partial charge in [-0.05, 0) is 36.4 Å². The highest BCUT2D eigenvalue weighted by atomic mass is 32.1. The van der Waals surface area contributed by atoms with Gasteiger partial charge in [-0.1, -0.05) is 48.6 Å². The van der Waals surface area contributed by atoms with Crippen molar-refractivity contribution in [1.29, 1.82) is 0 Å². The van der Waals surface area contributed by atoms with Gasteiger partial charge < -0.3 is 14.4 Å². The Morgan fingerprint density at radius 3 is 1.70 bits per heavy atom. The van der Waals surface area contributed by atoms with Crippen LogP contribution in [0.4, 0.5) is 0 Å². The van der Waals surface area contributed by atoms with Crippen molar-refractivity contribution in [3.8, 4) is 0 Å². The Balaban J connectivity index is 1.58. The average molecular weight is 421 g/mol. The van der Waals surface area contributed by atoms with E-state index in [0.717, 1.165) is 0 Å². The normalized spacial score (nSPS) is 25.0. The summed E-state index contributed by atoms with van der Waals surface area (Å²) in [5.74, 6) is -2.62. The van der Waals surface area contributed by atoms with Gasteiger partial charge in [0.15, 0.2) is 0 Å². The average Bonchev–Trinajstić information content (AvgIpc) is 3.01. The van der Waals surface area contributed by atoms with Crippen LogP contribution < -0.4 is 0 Å². The molecule has 0 bridgehead atoms. The Hall–Kier alpha value is -3.32. The van der Waals surface area contributed by atoms with E-state index in [2.05, 4.69) is 0 Å². The van der Waals surface area contributed by atoms with Crippen molar-refractivity contribution in [2.45, 2.75) is 12.2 Å². The number of amides is 1. The van der Waals surface area contributed by atoms with Crippen LogP contribution in [0.5, 0.6) is 0 Å². The lowest BCUT2D eigenvalue weighted by Gasteiger charge is -2.32. The van der Waals surface area contributed by atoms with Gasteiger partial charge in [0.25, 0.3) is 0 Å². The number of ether oxygens (including phenoxy) is 2. The summed E-state index contributed by atoms with van der Waals surface area (Å²) < 4.78 is 11.3. The summed E-state index contributed by atoms with van der Waals surface area (Å²) in [6.07, 6.45) is 1.72. The highest BCUT2D eigenvalue weighted by Gasteiger charge is 2.53. The summed E-state index contributed by atoms with van der Waals surface area (Å²) in [6.45, 7) is 0. The molecule has 0 unspecified atom stereocenters. The van der Waals surface area contributed by atoms with Gasteiger partial charge in [0.05, 0.1) is 28.0 Å². The van der Waals surface area contributed by atoms with Crippen molar-refractivity contribution in [2.75, 3.05) is 7.05 Å². The molecule has 4 rings (SSSR count). The molecular weight excluding hydrogens is 402 g/mol. The number of thiocarbonyl (C=S) groups is 1. The van der Waals surface area contributed by atoms with E-state index in [0.29, 0.717) is 16.1 Å². The monoisotopic (exact) mass is 421 g/mol. The van der Waals surface area contributed by atoms with E-state index >= 15 is 0 Å². The lowest BCUT2D eigenvalue weighted by Crippen LogP contribution is -2.43. The van der Waals surface area contributed by atoms with Gasteiger partial charge >= 0.3 is 11.9 Å². The molecule has 2 aliphatic rings. The lowest BCUT2D eigenvalue weighted by molar-refractivity contribution is -0.132. The second-order valence-corrected chi connectivity index (χ2v) is 7.56. The van der Waals surface area contributed by atoms with Gasteiger partial charge in [0, 0.05) is 7.05 Å². The summed E-state index contributed by atoms with van der Waals surface area (Å²) in [5, 5.41) is 0. The van der Waals surface area contributed by atoms with Gasteiger partial charge in [-0.25, -0.2) is 9.59 Å². The van der Waals surface area contributed by atoms with Crippen LogP contribution in [0.1, 0.15) is 20.7 Å². The smallest absolute Gasteiger partial charge is 0.338 e. The van der Waals surface area contributed by atoms with Gasteiger partial charge in [-0.15, -0.1) is 0 Å². The minimum Gasteiger partial charge on any atom is -0.454 e. The van der Waals surface area contributed by atoms with Crippen molar-refractivity contribution < 1.29 is 23.9 Å². The molecule has 7 heteroatoms. The highest BCUT2D eigenvalue weighted by molar-refractivity contribution is 7.80. The molecular formula is C23H19NO5S. The van der Waals surface area contributed by atoms with E-state index < -0.39 is 36.0 Å². The fourth-order valence-corrected chi connectivity index (χ4v) is 4.14. The number of hydrogen-bond acceptors (Lipinski definition) is 6. The molecule has 0 radical (unpaired) electrons. The zero-order valence-electron chi connectivity index (χ0n) is 16.1. The van der Waals surface area contributed by atoms with Crippen LogP contribution in [0.3, 0.4) is 0 Å². The largest absolute Gasteiger partial charge is 0.454 e. The number of carbonyl (C=O) groups excluding carboxylic acids is 3. The second-order valence-electron chi connectivity index (χ2n) is 7.14. The van der Waals surface area contributed by atoms with Crippen LogP contribution in [0.25, 0.3) is 0 Å². The van der Waals surface area contributed by atoms with Crippen LogP contribution in [-0.2, 0) is 14.3 Å². The first-order valence-corrected chi connectivity index (χ1v) is 9.90.